The Hall–Kier alpha value is -1.95. The van der Waals surface area contributed by atoms with E-state index in [0.717, 1.165) is 5.56 Å². The van der Waals surface area contributed by atoms with Gasteiger partial charge in [-0.15, -0.1) is 0 Å². The lowest BCUT2D eigenvalue weighted by molar-refractivity contribution is -0.142. The van der Waals surface area contributed by atoms with E-state index in [0.29, 0.717) is 30.8 Å². The van der Waals surface area contributed by atoms with Gasteiger partial charge >= 0.3 is 6.18 Å². The summed E-state index contributed by atoms with van der Waals surface area (Å²) in [6.07, 6.45) is -4.15. The number of rotatable bonds is 1. The smallest absolute Gasteiger partial charge is 0.311 e. The zero-order valence-electron chi connectivity index (χ0n) is 11.5. The Kier molecular flexibility index (Phi) is 3.41. The SMILES string of the molecule is Cc1ccc(-c2nc3c(c(C(F)(F)F)n2)CCNC3)cc1. The first kappa shape index (κ1) is 14.0. The number of alkyl halides is 3. The zero-order chi connectivity index (χ0) is 15.0. The van der Waals surface area contributed by atoms with Crippen LogP contribution in [-0.4, -0.2) is 16.5 Å². The van der Waals surface area contributed by atoms with Crippen molar-refractivity contribution in [3.05, 3.63) is 46.8 Å². The third kappa shape index (κ3) is 2.76. The van der Waals surface area contributed by atoms with E-state index in [2.05, 4.69) is 15.3 Å². The molecule has 1 aromatic heterocycles. The molecule has 1 aliphatic rings. The predicted molar refractivity (Wildman–Crippen MR) is 72.6 cm³/mol. The molecule has 1 aliphatic heterocycles. The maximum Gasteiger partial charge on any atom is 0.433 e. The molecule has 1 aromatic carbocycles. The molecule has 3 rings (SSSR count). The first-order chi connectivity index (χ1) is 9.95. The Bertz CT molecular complexity index is 663. The van der Waals surface area contributed by atoms with Gasteiger partial charge in [0.25, 0.3) is 0 Å². The maximum atomic E-state index is 13.2. The van der Waals surface area contributed by atoms with E-state index in [1.54, 1.807) is 12.1 Å². The van der Waals surface area contributed by atoms with Gasteiger partial charge in [-0.25, -0.2) is 9.97 Å². The van der Waals surface area contributed by atoms with Gasteiger partial charge in [0.05, 0.1) is 5.69 Å². The number of aryl methyl sites for hydroxylation is 1. The van der Waals surface area contributed by atoms with Gasteiger partial charge in [0.1, 0.15) is 0 Å². The standard InChI is InChI=1S/C15H14F3N3/c1-9-2-4-10(5-3-9)14-20-12-8-19-7-6-11(12)13(21-14)15(16,17)18/h2-5,19H,6-8H2,1H3. The summed E-state index contributed by atoms with van der Waals surface area (Å²) in [7, 11) is 0. The van der Waals surface area contributed by atoms with Crippen LogP contribution in [0.15, 0.2) is 24.3 Å². The molecule has 2 aromatic rings. The zero-order valence-corrected chi connectivity index (χ0v) is 11.5. The summed E-state index contributed by atoms with van der Waals surface area (Å²) in [5, 5.41) is 3.05. The van der Waals surface area contributed by atoms with Crippen LogP contribution >= 0.6 is 0 Å². The fraction of sp³-hybridized carbons (Fsp3) is 0.333. The quantitative estimate of drug-likeness (QED) is 0.878. The highest BCUT2D eigenvalue weighted by molar-refractivity contribution is 5.56. The van der Waals surface area contributed by atoms with E-state index in [9.17, 15) is 13.2 Å². The first-order valence-corrected chi connectivity index (χ1v) is 6.70. The molecule has 0 fully saturated rings. The van der Waals surface area contributed by atoms with Crippen molar-refractivity contribution in [2.75, 3.05) is 6.54 Å². The summed E-state index contributed by atoms with van der Waals surface area (Å²) in [6.45, 7) is 2.78. The average molecular weight is 293 g/mol. The van der Waals surface area contributed by atoms with Gasteiger partial charge in [-0.2, -0.15) is 13.2 Å². The summed E-state index contributed by atoms with van der Waals surface area (Å²) >= 11 is 0. The third-order valence-corrected chi connectivity index (χ3v) is 3.52. The van der Waals surface area contributed by atoms with Gasteiger partial charge < -0.3 is 5.32 Å². The van der Waals surface area contributed by atoms with Crippen LogP contribution in [0, 0.1) is 6.92 Å². The molecule has 0 spiro atoms. The fourth-order valence-corrected chi connectivity index (χ4v) is 2.43. The van der Waals surface area contributed by atoms with Crippen molar-refractivity contribution < 1.29 is 13.2 Å². The first-order valence-electron chi connectivity index (χ1n) is 6.70. The third-order valence-electron chi connectivity index (χ3n) is 3.52. The van der Waals surface area contributed by atoms with Crippen molar-refractivity contribution in [2.45, 2.75) is 26.1 Å². The normalized spacial score (nSPS) is 14.9. The number of nitrogens with zero attached hydrogens (tertiary/aromatic N) is 2. The second-order valence-corrected chi connectivity index (χ2v) is 5.11. The lowest BCUT2D eigenvalue weighted by Crippen LogP contribution is -2.28. The summed E-state index contributed by atoms with van der Waals surface area (Å²) in [5.74, 6) is 0.129. The molecule has 0 unspecified atom stereocenters. The summed E-state index contributed by atoms with van der Waals surface area (Å²) < 4.78 is 39.7. The van der Waals surface area contributed by atoms with Crippen LogP contribution in [-0.2, 0) is 19.1 Å². The molecule has 0 aliphatic carbocycles. The largest absolute Gasteiger partial charge is 0.433 e. The van der Waals surface area contributed by atoms with Crippen molar-refractivity contribution in [2.24, 2.45) is 0 Å². The molecule has 6 heteroatoms. The molecule has 0 atom stereocenters. The minimum Gasteiger partial charge on any atom is -0.311 e. The van der Waals surface area contributed by atoms with E-state index in [1.165, 1.54) is 0 Å². The minimum atomic E-state index is -4.45. The van der Waals surface area contributed by atoms with Crippen molar-refractivity contribution in [1.82, 2.24) is 15.3 Å². The molecule has 1 N–H and O–H groups in total. The number of aromatic nitrogens is 2. The second kappa shape index (κ2) is 5.11. The highest BCUT2D eigenvalue weighted by atomic mass is 19.4. The highest BCUT2D eigenvalue weighted by Crippen LogP contribution is 2.34. The van der Waals surface area contributed by atoms with Gasteiger partial charge in [0.2, 0.25) is 0 Å². The number of hydrogen-bond donors (Lipinski definition) is 1. The summed E-state index contributed by atoms with van der Waals surface area (Å²) in [5.41, 5.74) is 1.50. The van der Waals surface area contributed by atoms with Crippen molar-refractivity contribution in [3.8, 4) is 11.4 Å². The van der Waals surface area contributed by atoms with Crippen LogP contribution in [0.2, 0.25) is 0 Å². The lowest BCUT2D eigenvalue weighted by Gasteiger charge is -2.21. The van der Waals surface area contributed by atoms with Crippen molar-refractivity contribution in [1.29, 1.82) is 0 Å². The topological polar surface area (TPSA) is 37.8 Å². The number of halogens is 3. The molecule has 2 heterocycles. The van der Waals surface area contributed by atoms with E-state index < -0.39 is 11.9 Å². The van der Waals surface area contributed by atoms with Crippen molar-refractivity contribution in [3.63, 3.8) is 0 Å². The van der Waals surface area contributed by atoms with E-state index in [-0.39, 0.29) is 11.4 Å². The maximum absolute atomic E-state index is 13.2. The number of nitrogens with one attached hydrogen (secondary N) is 1. The minimum absolute atomic E-state index is 0.129. The van der Waals surface area contributed by atoms with Crippen LogP contribution in [0.4, 0.5) is 13.2 Å². The van der Waals surface area contributed by atoms with Crippen LogP contribution in [0.3, 0.4) is 0 Å². The Labute approximate surface area is 120 Å². The van der Waals surface area contributed by atoms with E-state index in [1.807, 2.05) is 19.1 Å². The van der Waals surface area contributed by atoms with Crippen LogP contribution in [0.25, 0.3) is 11.4 Å². The van der Waals surface area contributed by atoms with Crippen LogP contribution < -0.4 is 5.32 Å². The van der Waals surface area contributed by atoms with Crippen LogP contribution in [0.5, 0.6) is 0 Å². The Morgan fingerprint density at radius 3 is 2.48 bits per heavy atom. The molecule has 0 saturated heterocycles. The van der Waals surface area contributed by atoms with Gasteiger partial charge in [-0.3, -0.25) is 0 Å². The van der Waals surface area contributed by atoms with E-state index >= 15 is 0 Å². The van der Waals surface area contributed by atoms with Crippen LogP contribution in [0.1, 0.15) is 22.5 Å². The average Bonchev–Trinajstić information content (AvgIpc) is 2.46. The Morgan fingerprint density at radius 1 is 1.10 bits per heavy atom. The molecule has 3 nitrogen and oxygen atoms in total. The van der Waals surface area contributed by atoms with Gasteiger partial charge in [-0.1, -0.05) is 29.8 Å². The number of fused-ring (bicyclic) bond motifs is 1. The van der Waals surface area contributed by atoms with Gasteiger partial charge in [0.15, 0.2) is 11.5 Å². The molecular formula is C15H14F3N3. The molecule has 0 amide bonds. The monoisotopic (exact) mass is 293 g/mol. The molecule has 110 valence electrons. The molecule has 21 heavy (non-hydrogen) atoms. The summed E-state index contributed by atoms with van der Waals surface area (Å²) in [4.78, 5) is 8.11. The highest BCUT2D eigenvalue weighted by Gasteiger charge is 2.38. The molecular weight excluding hydrogens is 279 g/mol. The molecule has 0 saturated carbocycles. The molecule has 0 bridgehead atoms. The van der Waals surface area contributed by atoms with Crippen molar-refractivity contribution >= 4 is 0 Å². The Morgan fingerprint density at radius 2 is 1.81 bits per heavy atom. The lowest BCUT2D eigenvalue weighted by atomic mass is 10.0. The number of benzene rings is 1. The second-order valence-electron chi connectivity index (χ2n) is 5.11. The van der Waals surface area contributed by atoms with Gasteiger partial charge in [0, 0.05) is 17.7 Å². The Balaban J connectivity index is 2.16. The summed E-state index contributed by atoms with van der Waals surface area (Å²) in [6, 6.07) is 7.16. The van der Waals surface area contributed by atoms with E-state index in [4.69, 9.17) is 0 Å². The number of hydrogen-bond acceptors (Lipinski definition) is 3. The molecule has 0 radical (unpaired) electrons. The predicted octanol–water partition coefficient (Wildman–Crippen LogP) is 3.12. The van der Waals surface area contributed by atoms with Gasteiger partial charge in [-0.05, 0) is 19.9 Å². The fourth-order valence-electron chi connectivity index (χ4n) is 2.43.